The summed E-state index contributed by atoms with van der Waals surface area (Å²) < 4.78 is 5.26. The van der Waals surface area contributed by atoms with Crippen molar-refractivity contribution in [1.82, 2.24) is 15.5 Å². The highest BCUT2D eigenvalue weighted by Gasteiger charge is 2.01. The third kappa shape index (κ3) is 2.59. The maximum Gasteiger partial charge on any atom is 0.0695 e. The third-order valence-corrected chi connectivity index (χ3v) is 2.51. The summed E-state index contributed by atoms with van der Waals surface area (Å²) in [4.78, 5) is 0. The average molecular weight is 219 g/mol. The van der Waals surface area contributed by atoms with Gasteiger partial charge in [0, 0.05) is 25.1 Å². The lowest BCUT2D eigenvalue weighted by Crippen LogP contribution is -2.19. The van der Waals surface area contributed by atoms with Crippen molar-refractivity contribution < 1.29 is 4.74 Å². The molecule has 0 radical (unpaired) electrons. The largest absolute Gasteiger partial charge is 0.380 e. The van der Waals surface area contributed by atoms with E-state index < -0.39 is 0 Å². The molecule has 0 aliphatic heterocycles. The van der Waals surface area contributed by atoms with Crippen LogP contribution in [0.1, 0.15) is 12.5 Å². The van der Waals surface area contributed by atoms with Gasteiger partial charge in [0.05, 0.1) is 18.3 Å². The van der Waals surface area contributed by atoms with Crippen LogP contribution in [-0.4, -0.2) is 30.0 Å². The Morgan fingerprint density at radius 1 is 1.44 bits per heavy atom. The monoisotopic (exact) mass is 219 g/mol. The van der Waals surface area contributed by atoms with Gasteiger partial charge in [0.2, 0.25) is 0 Å². The number of rotatable bonds is 6. The first-order chi connectivity index (χ1) is 7.92. The van der Waals surface area contributed by atoms with E-state index in [1.807, 2.05) is 13.1 Å². The van der Waals surface area contributed by atoms with Crippen molar-refractivity contribution in [2.75, 3.05) is 19.8 Å². The Morgan fingerprint density at radius 2 is 2.38 bits per heavy atom. The Hall–Kier alpha value is -1.39. The molecule has 2 N–H and O–H groups in total. The number of nitrogens with zero attached hydrogens (tertiary/aromatic N) is 1. The van der Waals surface area contributed by atoms with Gasteiger partial charge in [0.25, 0.3) is 0 Å². The minimum Gasteiger partial charge on any atom is -0.380 e. The van der Waals surface area contributed by atoms with Crippen LogP contribution in [0.25, 0.3) is 10.9 Å². The summed E-state index contributed by atoms with van der Waals surface area (Å²) in [5.74, 6) is 0. The number of hydrogen-bond donors (Lipinski definition) is 2. The Kier molecular flexibility index (Phi) is 3.91. The Balaban J connectivity index is 1.91. The molecule has 86 valence electrons. The van der Waals surface area contributed by atoms with Crippen LogP contribution in [0.4, 0.5) is 0 Å². The van der Waals surface area contributed by atoms with Gasteiger partial charge in [-0.3, -0.25) is 5.10 Å². The van der Waals surface area contributed by atoms with Gasteiger partial charge in [-0.05, 0) is 12.5 Å². The topological polar surface area (TPSA) is 49.9 Å². The number of para-hydroxylation sites is 1. The van der Waals surface area contributed by atoms with Crippen molar-refractivity contribution in [3.05, 3.63) is 30.0 Å². The molecule has 0 saturated carbocycles. The molecule has 1 aromatic carbocycles. The molecule has 0 amide bonds. The van der Waals surface area contributed by atoms with Gasteiger partial charge in [-0.1, -0.05) is 18.2 Å². The van der Waals surface area contributed by atoms with Gasteiger partial charge in [0.15, 0.2) is 0 Å². The lowest BCUT2D eigenvalue weighted by molar-refractivity contribution is 0.149. The van der Waals surface area contributed by atoms with E-state index in [1.165, 1.54) is 5.56 Å². The molecule has 4 nitrogen and oxygen atoms in total. The summed E-state index contributed by atoms with van der Waals surface area (Å²) in [6.07, 6.45) is 1.85. The van der Waals surface area contributed by atoms with Gasteiger partial charge in [0.1, 0.15) is 0 Å². The smallest absolute Gasteiger partial charge is 0.0695 e. The third-order valence-electron chi connectivity index (χ3n) is 2.51. The first kappa shape index (κ1) is 11.1. The van der Waals surface area contributed by atoms with E-state index in [2.05, 4.69) is 33.7 Å². The van der Waals surface area contributed by atoms with E-state index in [-0.39, 0.29) is 0 Å². The van der Waals surface area contributed by atoms with Crippen LogP contribution < -0.4 is 5.32 Å². The Bertz CT molecular complexity index is 439. The van der Waals surface area contributed by atoms with Gasteiger partial charge < -0.3 is 10.1 Å². The summed E-state index contributed by atoms with van der Waals surface area (Å²) in [7, 11) is 0. The Morgan fingerprint density at radius 3 is 3.25 bits per heavy atom. The molecule has 2 aromatic rings. The van der Waals surface area contributed by atoms with Gasteiger partial charge in [-0.15, -0.1) is 0 Å². The van der Waals surface area contributed by atoms with E-state index in [1.54, 1.807) is 0 Å². The lowest BCUT2D eigenvalue weighted by atomic mass is 10.1. The van der Waals surface area contributed by atoms with Crippen molar-refractivity contribution in [3.8, 4) is 0 Å². The maximum atomic E-state index is 5.26. The molecule has 0 fully saturated rings. The second-order valence-corrected chi connectivity index (χ2v) is 3.63. The van der Waals surface area contributed by atoms with Crippen molar-refractivity contribution in [1.29, 1.82) is 0 Å². The first-order valence-corrected chi connectivity index (χ1v) is 5.61. The highest BCUT2D eigenvalue weighted by molar-refractivity contribution is 5.81. The number of fused-ring (bicyclic) bond motifs is 1. The van der Waals surface area contributed by atoms with Crippen LogP contribution in [0.3, 0.4) is 0 Å². The second kappa shape index (κ2) is 5.63. The summed E-state index contributed by atoms with van der Waals surface area (Å²) >= 11 is 0. The fraction of sp³-hybridized carbons (Fsp3) is 0.417. The van der Waals surface area contributed by atoms with Crippen LogP contribution in [0, 0.1) is 0 Å². The van der Waals surface area contributed by atoms with Gasteiger partial charge >= 0.3 is 0 Å². The van der Waals surface area contributed by atoms with Crippen molar-refractivity contribution in [2.45, 2.75) is 13.5 Å². The molecule has 4 heteroatoms. The first-order valence-electron chi connectivity index (χ1n) is 5.61. The van der Waals surface area contributed by atoms with Crippen LogP contribution in [0.15, 0.2) is 24.4 Å². The second-order valence-electron chi connectivity index (χ2n) is 3.63. The predicted octanol–water partition coefficient (Wildman–Crippen LogP) is 1.69. The summed E-state index contributed by atoms with van der Waals surface area (Å²) in [6, 6.07) is 6.22. The lowest BCUT2D eigenvalue weighted by Gasteiger charge is -2.05. The summed E-state index contributed by atoms with van der Waals surface area (Å²) in [5, 5.41) is 11.6. The molecule has 0 aliphatic carbocycles. The number of aromatic nitrogens is 2. The molecule has 0 aliphatic rings. The molecule has 2 rings (SSSR count). The fourth-order valence-corrected chi connectivity index (χ4v) is 1.69. The summed E-state index contributed by atoms with van der Waals surface area (Å²) in [5.41, 5.74) is 2.36. The molecule has 1 aromatic heterocycles. The Labute approximate surface area is 95.0 Å². The molecule has 0 unspecified atom stereocenters. The number of hydrogen-bond acceptors (Lipinski definition) is 3. The molecular weight excluding hydrogens is 202 g/mol. The SMILES string of the molecule is CCOCCNCc1cccc2cn[nH]c12. The molecule has 0 atom stereocenters. The number of ether oxygens (including phenoxy) is 1. The van der Waals surface area contributed by atoms with Crippen LogP contribution in [-0.2, 0) is 11.3 Å². The molecule has 1 heterocycles. The fourth-order valence-electron chi connectivity index (χ4n) is 1.69. The zero-order valence-electron chi connectivity index (χ0n) is 9.49. The minimum absolute atomic E-state index is 0.759. The highest BCUT2D eigenvalue weighted by Crippen LogP contribution is 2.14. The van der Waals surface area contributed by atoms with Crippen LogP contribution >= 0.6 is 0 Å². The minimum atomic E-state index is 0.759. The molecular formula is C12H17N3O. The molecule has 0 saturated heterocycles. The molecule has 0 bridgehead atoms. The van der Waals surface area contributed by atoms with Crippen LogP contribution in [0.5, 0.6) is 0 Å². The zero-order chi connectivity index (χ0) is 11.2. The van der Waals surface area contributed by atoms with Crippen LogP contribution in [0.2, 0.25) is 0 Å². The number of H-pyrrole nitrogens is 1. The van der Waals surface area contributed by atoms with Crippen molar-refractivity contribution >= 4 is 10.9 Å². The normalized spacial score (nSPS) is 11.1. The van der Waals surface area contributed by atoms with E-state index in [0.29, 0.717) is 0 Å². The van der Waals surface area contributed by atoms with Crippen molar-refractivity contribution in [2.24, 2.45) is 0 Å². The maximum absolute atomic E-state index is 5.26. The standard InChI is InChI=1S/C12H17N3O/c1-2-16-7-6-13-8-10-4-3-5-11-9-14-15-12(10)11/h3-5,9,13H,2,6-8H2,1H3,(H,14,15). The van der Waals surface area contributed by atoms with Gasteiger partial charge in [-0.25, -0.2) is 0 Å². The quantitative estimate of drug-likeness (QED) is 0.727. The van der Waals surface area contributed by atoms with E-state index in [0.717, 1.165) is 37.2 Å². The number of aromatic amines is 1. The summed E-state index contributed by atoms with van der Waals surface area (Å²) in [6.45, 7) is 5.25. The number of benzene rings is 1. The highest BCUT2D eigenvalue weighted by atomic mass is 16.5. The van der Waals surface area contributed by atoms with E-state index in [4.69, 9.17) is 4.74 Å². The van der Waals surface area contributed by atoms with E-state index >= 15 is 0 Å². The predicted molar refractivity (Wildman–Crippen MR) is 64.3 cm³/mol. The van der Waals surface area contributed by atoms with Gasteiger partial charge in [-0.2, -0.15) is 5.10 Å². The average Bonchev–Trinajstić information content (AvgIpc) is 2.77. The van der Waals surface area contributed by atoms with Crippen molar-refractivity contribution in [3.63, 3.8) is 0 Å². The van der Waals surface area contributed by atoms with E-state index in [9.17, 15) is 0 Å². The number of nitrogens with one attached hydrogen (secondary N) is 2. The molecule has 0 spiro atoms. The zero-order valence-corrected chi connectivity index (χ0v) is 9.49. The molecule has 16 heavy (non-hydrogen) atoms.